The molecule has 1 saturated heterocycles. The largest absolute Gasteiger partial charge is 0.372 e. The maximum Gasteiger partial charge on any atom is 0.147 e. The third-order valence-electron chi connectivity index (χ3n) is 2.58. The fraction of sp³-hybridized carbons (Fsp3) is 0.750. The van der Waals surface area contributed by atoms with Crippen LogP contribution in [-0.4, -0.2) is 45.5 Å². The van der Waals surface area contributed by atoms with Gasteiger partial charge >= 0.3 is 0 Å². The van der Waals surface area contributed by atoms with E-state index in [0.29, 0.717) is 6.10 Å². The lowest BCUT2D eigenvalue weighted by molar-refractivity contribution is 0.197. The van der Waals surface area contributed by atoms with Gasteiger partial charge in [0.25, 0.3) is 0 Å². The van der Waals surface area contributed by atoms with Crippen molar-refractivity contribution in [3.8, 4) is 0 Å². The molecule has 3 rings (SSSR count). The molecule has 5 nitrogen and oxygen atoms in total. The number of ether oxygens (including phenoxy) is 1. The van der Waals surface area contributed by atoms with E-state index in [-0.39, 0.29) is 0 Å². The Bertz CT molecular complexity index is 307. The van der Waals surface area contributed by atoms with E-state index >= 15 is 0 Å². The third kappa shape index (κ3) is 1.45. The highest BCUT2D eigenvalue weighted by Gasteiger charge is 2.27. The van der Waals surface area contributed by atoms with Gasteiger partial charge in [0.1, 0.15) is 12.2 Å². The predicted molar refractivity (Wildman–Crippen MR) is 45.0 cm³/mol. The van der Waals surface area contributed by atoms with Crippen LogP contribution in [0.15, 0.2) is 6.33 Å². The molecule has 3 heterocycles. The molecule has 1 unspecified atom stereocenters. The molecule has 1 atom stereocenters. The zero-order valence-electron chi connectivity index (χ0n) is 7.39. The summed E-state index contributed by atoms with van der Waals surface area (Å²) in [5, 5.41) is 7.95. The lowest BCUT2D eigenvalue weighted by Gasteiger charge is -2.25. The molecular formula is C8H12N4O. The van der Waals surface area contributed by atoms with Crippen molar-refractivity contribution in [2.45, 2.75) is 19.2 Å². The molecule has 1 aromatic heterocycles. The van der Waals surface area contributed by atoms with E-state index < -0.39 is 0 Å². The van der Waals surface area contributed by atoms with Gasteiger partial charge < -0.3 is 9.30 Å². The Morgan fingerprint density at radius 2 is 2.46 bits per heavy atom. The van der Waals surface area contributed by atoms with E-state index in [0.717, 1.165) is 38.6 Å². The lowest BCUT2D eigenvalue weighted by atomic mass is 10.3. The molecule has 0 bridgehead atoms. The first-order chi connectivity index (χ1) is 6.42. The van der Waals surface area contributed by atoms with Crippen LogP contribution in [0, 0.1) is 0 Å². The number of fused-ring (bicyclic) bond motifs is 1. The summed E-state index contributed by atoms with van der Waals surface area (Å²) < 4.78 is 7.31. The van der Waals surface area contributed by atoms with Crippen molar-refractivity contribution in [2.24, 2.45) is 0 Å². The molecule has 5 heteroatoms. The summed E-state index contributed by atoms with van der Waals surface area (Å²) in [4.78, 5) is 2.38. The molecule has 2 aliphatic heterocycles. The molecule has 70 valence electrons. The molecular weight excluding hydrogens is 168 g/mol. The topological polar surface area (TPSA) is 46.5 Å². The van der Waals surface area contributed by atoms with Crippen molar-refractivity contribution in [1.82, 2.24) is 19.7 Å². The van der Waals surface area contributed by atoms with Gasteiger partial charge in [-0.2, -0.15) is 0 Å². The second kappa shape index (κ2) is 2.78. The molecule has 0 aliphatic carbocycles. The van der Waals surface area contributed by atoms with Gasteiger partial charge in [-0.05, 0) is 0 Å². The average Bonchev–Trinajstić information content (AvgIpc) is 2.83. The van der Waals surface area contributed by atoms with E-state index in [2.05, 4.69) is 19.7 Å². The van der Waals surface area contributed by atoms with Crippen LogP contribution in [0.3, 0.4) is 0 Å². The first kappa shape index (κ1) is 7.46. The van der Waals surface area contributed by atoms with Gasteiger partial charge in [-0.1, -0.05) is 0 Å². The molecule has 1 fully saturated rings. The zero-order valence-corrected chi connectivity index (χ0v) is 7.39. The molecule has 2 aliphatic rings. The van der Waals surface area contributed by atoms with Crippen LogP contribution >= 0.6 is 0 Å². The van der Waals surface area contributed by atoms with Crippen LogP contribution in [-0.2, 0) is 17.8 Å². The normalized spacial score (nSPS) is 27.2. The van der Waals surface area contributed by atoms with E-state index in [1.54, 1.807) is 6.33 Å². The average molecular weight is 180 g/mol. The molecule has 1 aromatic rings. The van der Waals surface area contributed by atoms with Gasteiger partial charge in [0.2, 0.25) is 0 Å². The Labute approximate surface area is 76.3 Å². The highest BCUT2D eigenvalue weighted by Crippen LogP contribution is 2.15. The quantitative estimate of drug-likeness (QED) is 0.575. The van der Waals surface area contributed by atoms with E-state index in [1.807, 2.05) is 0 Å². The van der Waals surface area contributed by atoms with Crippen LogP contribution < -0.4 is 0 Å². The summed E-state index contributed by atoms with van der Waals surface area (Å²) in [6.45, 7) is 5.00. The van der Waals surface area contributed by atoms with Crippen molar-refractivity contribution < 1.29 is 4.74 Å². The number of nitrogens with zero attached hydrogens (tertiary/aromatic N) is 4. The first-order valence-corrected chi connectivity index (χ1v) is 4.62. The molecule has 0 aromatic carbocycles. The van der Waals surface area contributed by atoms with Gasteiger partial charge in [-0.3, -0.25) is 4.90 Å². The molecule has 13 heavy (non-hydrogen) atoms. The van der Waals surface area contributed by atoms with Gasteiger partial charge in [-0.15, -0.1) is 10.2 Å². The fourth-order valence-electron chi connectivity index (χ4n) is 1.73. The Kier molecular flexibility index (Phi) is 1.60. The van der Waals surface area contributed by atoms with Gasteiger partial charge in [-0.25, -0.2) is 0 Å². The smallest absolute Gasteiger partial charge is 0.147 e. The minimum atomic E-state index is 0.481. The number of hydrogen-bond acceptors (Lipinski definition) is 4. The number of epoxide rings is 1. The molecule has 0 N–H and O–H groups in total. The summed E-state index contributed by atoms with van der Waals surface area (Å²) in [7, 11) is 0. The number of hydrogen-bond donors (Lipinski definition) is 0. The zero-order chi connectivity index (χ0) is 8.67. The molecule has 0 saturated carbocycles. The number of rotatable bonds is 2. The minimum absolute atomic E-state index is 0.481. The summed E-state index contributed by atoms with van der Waals surface area (Å²) in [5.41, 5.74) is 0. The van der Waals surface area contributed by atoms with Crippen molar-refractivity contribution >= 4 is 0 Å². The Hall–Kier alpha value is -0.940. The summed E-state index contributed by atoms with van der Waals surface area (Å²) >= 11 is 0. The van der Waals surface area contributed by atoms with Crippen LogP contribution in [0.25, 0.3) is 0 Å². The van der Waals surface area contributed by atoms with Crippen molar-refractivity contribution in [3.63, 3.8) is 0 Å². The van der Waals surface area contributed by atoms with Gasteiger partial charge in [0.05, 0.1) is 19.3 Å². The first-order valence-electron chi connectivity index (χ1n) is 4.62. The SMILES string of the molecule is c1nnc2n1CCN(CC1CO1)C2. The van der Waals surface area contributed by atoms with Crippen molar-refractivity contribution in [1.29, 1.82) is 0 Å². The second-order valence-corrected chi connectivity index (χ2v) is 3.63. The monoisotopic (exact) mass is 180 g/mol. The maximum atomic E-state index is 5.20. The van der Waals surface area contributed by atoms with E-state index in [4.69, 9.17) is 4.74 Å². The van der Waals surface area contributed by atoms with Crippen LogP contribution in [0.5, 0.6) is 0 Å². The van der Waals surface area contributed by atoms with E-state index in [9.17, 15) is 0 Å². The lowest BCUT2D eigenvalue weighted by Crippen LogP contribution is -2.36. The number of aromatic nitrogens is 3. The van der Waals surface area contributed by atoms with Crippen LogP contribution in [0.1, 0.15) is 5.82 Å². The third-order valence-corrected chi connectivity index (χ3v) is 2.58. The molecule has 0 amide bonds. The highest BCUT2D eigenvalue weighted by atomic mass is 16.6. The fourth-order valence-corrected chi connectivity index (χ4v) is 1.73. The Morgan fingerprint density at radius 1 is 1.54 bits per heavy atom. The van der Waals surface area contributed by atoms with Crippen molar-refractivity contribution in [2.75, 3.05) is 19.7 Å². The predicted octanol–water partition coefficient (Wildman–Crippen LogP) is -0.508. The van der Waals surface area contributed by atoms with Crippen LogP contribution in [0.4, 0.5) is 0 Å². The van der Waals surface area contributed by atoms with Gasteiger partial charge in [0, 0.05) is 19.6 Å². The standard InChI is InChI=1S/C8H12N4O/c1-2-12-6-9-10-8(12)4-11(1)3-7-5-13-7/h6-7H,1-5H2. The summed E-state index contributed by atoms with van der Waals surface area (Å²) in [6, 6.07) is 0. The van der Waals surface area contributed by atoms with Crippen LogP contribution in [0.2, 0.25) is 0 Å². The molecule has 0 spiro atoms. The Morgan fingerprint density at radius 3 is 3.31 bits per heavy atom. The summed E-state index contributed by atoms with van der Waals surface area (Å²) in [6.07, 6.45) is 2.29. The van der Waals surface area contributed by atoms with Crippen molar-refractivity contribution in [3.05, 3.63) is 12.2 Å². The summed E-state index contributed by atoms with van der Waals surface area (Å²) in [5.74, 6) is 1.08. The highest BCUT2D eigenvalue weighted by molar-refractivity contribution is 4.91. The second-order valence-electron chi connectivity index (χ2n) is 3.63. The Balaban J connectivity index is 1.69. The van der Waals surface area contributed by atoms with Gasteiger partial charge in [0.15, 0.2) is 0 Å². The maximum absolute atomic E-state index is 5.20. The molecule has 0 radical (unpaired) electrons. The minimum Gasteiger partial charge on any atom is -0.372 e. The van der Waals surface area contributed by atoms with E-state index in [1.165, 1.54) is 0 Å².